The number of amides is 2. The third-order valence-corrected chi connectivity index (χ3v) is 5.61. The number of rotatable bonds is 6. The highest BCUT2D eigenvalue weighted by Crippen LogP contribution is 2.29. The van der Waals surface area contributed by atoms with Crippen LogP contribution in [0, 0.1) is 0 Å². The van der Waals surface area contributed by atoms with Crippen LogP contribution < -0.4 is 14.8 Å². The summed E-state index contributed by atoms with van der Waals surface area (Å²) in [5.41, 5.74) is 2.82. The Hall–Kier alpha value is -3.48. The largest absolute Gasteiger partial charge is 0.497 e. The number of para-hydroxylation sites is 1. The number of carbonyl (C=O) groups is 2. The van der Waals surface area contributed by atoms with E-state index in [2.05, 4.69) is 10.3 Å². The maximum absolute atomic E-state index is 13.0. The van der Waals surface area contributed by atoms with Gasteiger partial charge in [-0.2, -0.15) is 0 Å². The Bertz CT molecular complexity index is 1090. The quantitative estimate of drug-likeness (QED) is 0.658. The first kappa shape index (κ1) is 19.8. The zero-order valence-corrected chi connectivity index (χ0v) is 17.3. The molecule has 1 aliphatic heterocycles. The number of methoxy groups -OCH3 is 2. The van der Waals surface area contributed by atoms with Gasteiger partial charge in [-0.05, 0) is 30.7 Å². The number of hydrogen-bond donors (Lipinski definition) is 2. The fraction of sp³-hybridized carbons (Fsp3) is 0.304. The molecule has 1 fully saturated rings. The van der Waals surface area contributed by atoms with Crippen LogP contribution in [0.1, 0.15) is 18.1 Å². The first-order chi connectivity index (χ1) is 14.5. The minimum atomic E-state index is -0.611. The van der Waals surface area contributed by atoms with E-state index in [1.165, 1.54) is 0 Å². The first-order valence-corrected chi connectivity index (χ1v) is 9.88. The van der Waals surface area contributed by atoms with Crippen molar-refractivity contribution in [1.82, 2.24) is 15.2 Å². The zero-order chi connectivity index (χ0) is 21.3. The number of nitrogens with zero attached hydrogens (tertiary/aromatic N) is 1. The lowest BCUT2D eigenvalue weighted by Crippen LogP contribution is -2.62. The predicted octanol–water partition coefficient (Wildman–Crippen LogP) is 2.64. The van der Waals surface area contributed by atoms with Gasteiger partial charge in [0.1, 0.15) is 23.6 Å². The van der Waals surface area contributed by atoms with E-state index in [9.17, 15) is 9.59 Å². The zero-order valence-electron chi connectivity index (χ0n) is 17.3. The average molecular weight is 407 g/mol. The number of aromatic nitrogens is 1. The number of ether oxygens (including phenoxy) is 2. The second kappa shape index (κ2) is 8.10. The van der Waals surface area contributed by atoms with E-state index in [1.54, 1.807) is 32.1 Å². The Kier molecular flexibility index (Phi) is 5.35. The summed E-state index contributed by atoms with van der Waals surface area (Å²) >= 11 is 0. The monoisotopic (exact) mass is 407 g/mol. The second-order valence-electron chi connectivity index (χ2n) is 7.45. The van der Waals surface area contributed by atoms with E-state index in [4.69, 9.17) is 9.47 Å². The number of hydrogen-bond acceptors (Lipinski definition) is 4. The van der Waals surface area contributed by atoms with Crippen LogP contribution in [-0.2, 0) is 22.6 Å². The van der Waals surface area contributed by atoms with Gasteiger partial charge in [0.05, 0.1) is 20.8 Å². The normalized spacial score (nSPS) is 19.1. The molecule has 4 rings (SSSR count). The first-order valence-electron chi connectivity index (χ1n) is 9.88. The number of aromatic amines is 1. The van der Waals surface area contributed by atoms with Crippen LogP contribution in [0.15, 0.2) is 48.7 Å². The van der Waals surface area contributed by atoms with Crippen molar-refractivity contribution in [2.24, 2.45) is 0 Å². The fourth-order valence-electron chi connectivity index (χ4n) is 3.98. The molecule has 7 nitrogen and oxygen atoms in total. The third kappa shape index (κ3) is 3.58. The maximum atomic E-state index is 13.0. The van der Waals surface area contributed by atoms with Crippen molar-refractivity contribution in [1.29, 1.82) is 0 Å². The number of benzene rings is 2. The summed E-state index contributed by atoms with van der Waals surface area (Å²) in [7, 11) is 3.17. The highest BCUT2D eigenvalue weighted by molar-refractivity contribution is 5.97. The van der Waals surface area contributed by atoms with E-state index in [0.29, 0.717) is 17.9 Å². The minimum Gasteiger partial charge on any atom is -0.497 e. The van der Waals surface area contributed by atoms with Crippen molar-refractivity contribution in [3.63, 3.8) is 0 Å². The lowest BCUT2D eigenvalue weighted by molar-refractivity contribution is -0.149. The topological polar surface area (TPSA) is 83.7 Å². The van der Waals surface area contributed by atoms with Gasteiger partial charge in [-0.15, -0.1) is 0 Å². The van der Waals surface area contributed by atoms with Gasteiger partial charge in [0.15, 0.2) is 0 Å². The minimum absolute atomic E-state index is 0.114. The van der Waals surface area contributed by atoms with E-state index in [1.807, 2.05) is 42.6 Å². The van der Waals surface area contributed by atoms with Crippen LogP contribution in [0.5, 0.6) is 11.5 Å². The van der Waals surface area contributed by atoms with E-state index in [0.717, 1.165) is 22.0 Å². The number of carbonyl (C=O) groups excluding carboxylic acids is 2. The molecule has 2 heterocycles. The fourth-order valence-corrected chi connectivity index (χ4v) is 3.98. The summed E-state index contributed by atoms with van der Waals surface area (Å²) in [6.45, 7) is 1.98. The molecule has 2 N–H and O–H groups in total. The molecule has 30 heavy (non-hydrogen) atoms. The molecule has 0 unspecified atom stereocenters. The van der Waals surface area contributed by atoms with Gasteiger partial charge in [-0.3, -0.25) is 9.59 Å². The van der Waals surface area contributed by atoms with Crippen molar-refractivity contribution in [2.75, 3.05) is 14.2 Å². The van der Waals surface area contributed by atoms with Gasteiger partial charge in [-0.25, -0.2) is 0 Å². The molecule has 2 atom stereocenters. The van der Waals surface area contributed by atoms with E-state index < -0.39 is 12.1 Å². The molecule has 2 amide bonds. The highest BCUT2D eigenvalue weighted by atomic mass is 16.5. The number of nitrogens with one attached hydrogen (secondary N) is 2. The molecule has 3 aromatic rings. The predicted molar refractivity (Wildman–Crippen MR) is 113 cm³/mol. The van der Waals surface area contributed by atoms with Crippen molar-refractivity contribution < 1.29 is 19.1 Å². The molecule has 0 saturated carbocycles. The van der Waals surface area contributed by atoms with Crippen LogP contribution in [0.25, 0.3) is 10.9 Å². The highest BCUT2D eigenvalue weighted by Gasteiger charge is 2.39. The van der Waals surface area contributed by atoms with Gasteiger partial charge in [0.2, 0.25) is 11.8 Å². The van der Waals surface area contributed by atoms with Crippen LogP contribution in [0.4, 0.5) is 0 Å². The Morgan fingerprint density at radius 2 is 1.83 bits per heavy atom. The molecular weight excluding hydrogens is 382 g/mol. The van der Waals surface area contributed by atoms with Gasteiger partial charge in [0.25, 0.3) is 0 Å². The molecule has 0 aliphatic carbocycles. The molecule has 156 valence electrons. The summed E-state index contributed by atoms with van der Waals surface area (Å²) in [5.74, 6) is 1.02. The van der Waals surface area contributed by atoms with E-state index in [-0.39, 0.29) is 18.4 Å². The van der Waals surface area contributed by atoms with Crippen LogP contribution >= 0.6 is 0 Å². The summed E-state index contributed by atoms with van der Waals surface area (Å²) < 4.78 is 10.8. The van der Waals surface area contributed by atoms with Crippen LogP contribution in [0.2, 0.25) is 0 Å². The molecule has 1 aromatic heterocycles. The van der Waals surface area contributed by atoms with Gasteiger partial charge in [-0.1, -0.05) is 18.2 Å². The summed E-state index contributed by atoms with van der Waals surface area (Å²) in [4.78, 5) is 30.8. The SMILES string of the molecule is COc1ccc(CN2C(=O)[C@H](C)NC(=O)[C@@H]2Cc2c[nH]c3ccccc23)c(OC)c1. The standard InChI is InChI=1S/C23H25N3O4/c1-14-23(28)26(13-15-8-9-17(29-2)11-21(15)30-3)20(22(27)25-14)10-16-12-24-19-7-5-4-6-18(16)19/h4-9,11-12,14,20,24H,10,13H2,1-3H3,(H,25,27)/t14-,20-/m0/s1. The van der Waals surface area contributed by atoms with E-state index >= 15 is 0 Å². The lowest BCUT2D eigenvalue weighted by atomic mass is 9.98. The van der Waals surface area contributed by atoms with Gasteiger partial charge < -0.3 is 24.7 Å². The molecule has 7 heteroatoms. The van der Waals surface area contributed by atoms with Crippen LogP contribution in [0.3, 0.4) is 0 Å². The molecule has 2 aromatic carbocycles. The maximum Gasteiger partial charge on any atom is 0.245 e. The Morgan fingerprint density at radius 1 is 1.03 bits per heavy atom. The third-order valence-electron chi connectivity index (χ3n) is 5.61. The van der Waals surface area contributed by atoms with Crippen molar-refractivity contribution in [3.05, 3.63) is 59.8 Å². The Labute approximate surface area is 175 Å². The average Bonchev–Trinajstić information content (AvgIpc) is 3.17. The Balaban J connectivity index is 1.67. The van der Waals surface area contributed by atoms with Gasteiger partial charge >= 0.3 is 0 Å². The van der Waals surface area contributed by atoms with Gasteiger partial charge in [0, 0.05) is 35.2 Å². The molecule has 1 saturated heterocycles. The van der Waals surface area contributed by atoms with Crippen molar-refractivity contribution in [3.8, 4) is 11.5 Å². The molecule has 1 aliphatic rings. The summed E-state index contributed by atoms with van der Waals surface area (Å²) in [6.07, 6.45) is 2.33. The molecule has 0 radical (unpaired) electrons. The molecule has 0 bridgehead atoms. The summed E-state index contributed by atoms with van der Waals surface area (Å²) in [5, 5.41) is 3.86. The smallest absolute Gasteiger partial charge is 0.245 e. The second-order valence-corrected chi connectivity index (χ2v) is 7.45. The number of piperazine rings is 1. The lowest BCUT2D eigenvalue weighted by Gasteiger charge is -2.38. The van der Waals surface area contributed by atoms with Crippen molar-refractivity contribution >= 4 is 22.7 Å². The molecule has 0 spiro atoms. The van der Waals surface area contributed by atoms with Crippen LogP contribution in [-0.4, -0.2) is 48.0 Å². The number of fused-ring (bicyclic) bond motifs is 1. The molecular formula is C23H25N3O4. The Morgan fingerprint density at radius 3 is 2.60 bits per heavy atom. The number of H-pyrrole nitrogens is 1. The summed E-state index contributed by atoms with van der Waals surface area (Å²) in [6, 6.07) is 12.2. The van der Waals surface area contributed by atoms with Crippen molar-refractivity contribution in [2.45, 2.75) is 32.0 Å².